The van der Waals surface area contributed by atoms with Crippen molar-refractivity contribution >= 4 is 17.4 Å². The molecule has 0 aliphatic heterocycles. The fraction of sp³-hybridized carbons (Fsp3) is 0.400. The maximum Gasteiger partial charge on any atom is 0.207 e. The van der Waals surface area contributed by atoms with Crippen molar-refractivity contribution in [3.63, 3.8) is 0 Å². The number of ether oxygens (including phenoxy) is 1. The Kier molecular flexibility index (Phi) is 4.10. The van der Waals surface area contributed by atoms with Gasteiger partial charge in [0, 0.05) is 17.0 Å². The molecule has 0 aliphatic rings. The molecule has 1 N–H and O–H groups in total. The van der Waals surface area contributed by atoms with Crippen LogP contribution in [0.2, 0.25) is 0 Å². The van der Waals surface area contributed by atoms with Crippen molar-refractivity contribution in [3.05, 3.63) is 30.0 Å². The predicted octanol–water partition coefficient (Wildman–Crippen LogP) is 2.75. The van der Waals surface area contributed by atoms with Gasteiger partial charge >= 0.3 is 0 Å². The number of nitrogens with one attached hydrogen (secondary N) is 1. The van der Waals surface area contributed by atoms with Gasteiger partial charge in [0.25, 0.3) is 0 Å². The molecule has 0 bridgehead atoms. The molecule has 102 valence electrons. The second-order valence-electron chi connectivity index (χ2n) is 4.94. The standard InChI is InChI=1S/C15H19NO3/c1-10(2)13(16-9-17)7-11-8-19-15-12(11)5-4-6-14(15)18-3/h4-6,8-10,13H,7H2,1-3H3,(H,16,17). The minimum atomic E-state index is 0.101. The highest BCUT2D eigenvalue weighted by Crippen LogP contribution is 2.30. The summed E-state index contributed by atoms with van der Waals surface area (Å²) in [6, 6.07) is 5.93. The molecule has 2 rings (SSSR count). The second-order valence-corrected chi connectivity index (χ2v) is 4.94. The van der Waals surface area contributed by atoms with E-state index in [0.717, 1.165) is 35.1 Å². The van der Waals surface area contributed by atoms with Crippen LogP contribution in [0.3, 0.4) is 0 Å². The van der Waals surface area contributed by atoms with E-state index in [9.17, 15) is 4.79 Å². The summed E-state index contributed by atoms with van der Waals surface area (Å²) in [6.45, 7) is 4.17. The minimum Gasteiger partial charge on any atom is -0.493 e. The van der Waals surface area contributed by atoms with Gasteiger partial charge in [0.05, 0.1) is 13.4 Å². The number of methoxy groups -OCH3 is 1. The highest BCUT2D eigenvalue weighted by atomic mass is 16.5. The van der Waals surface area contributed by atoms with E-state index in [-0.39, 0.29) is 6.04 Å². The quantitative estimate of drug-likeness (QED) is 0.813. The van der Waals surface area contributed by atoms with E-state index >= 15 is 0 Å². The fourth-order valence-electron chi connectivity index (χ4n) is 2.21. The number of rotatable bonds is 6. The topological polar surface area (TPSA) is 51.5 Å². The van der Waals surface area contributed by atoms with Gasteiger partial charge in [-0.05, 0) is 18.4 Å². The smallest absolute Gasteiger partial charge is 0.207 e. The maximum atomic E-state index is 10.7. The van der Waals surface area contributed by atoms with E-state index in [1.807, 2.05) is 18.2 Å². The molecule has 4 heteroatoms. The molecule has 0 saturated carbocycles. The van der Waals surface area contributed by atoms with Gasteiger partial charge in [0.15, 0.2) is 11.3 Å². The van der Waals surface area contributed by atoms with E-state index in [0.29, 0.717) is 5.92 Å². The summed E-state index contributed by atoms with van der Waals surface area (Å²) >= 11 is 0. The van der Waals surface area contributed by atoms with Gasteiger partial charge in [-0.1, -0.05) is 26.0 Å². The lowest BCUT2D eigenvalue weighted by Crippen LogP contribution is -2.34. The first-order valence-electron chi connectivity index (χ1n) is 6.40. The third-order valence-corrected chi connectivity index (χ3v) is 3.39. The maximum absolute atomic E-state index is 10.7. The number of hydrogen-bond donors (Lipinski definition) is 1. The molecule has 19 heavy (non-hydrogen) atoms. The molecule has 0 fully saturated rings. The Bertz CT molecular complexity index is 560. The first-order chi connectivity index (χ1) is 9.17. The number of fused-ring (bicyclic) bond motifs is 1. The first kappa shape index (κ1) is 13.5. The molecular weight excluding hydrogens is 242 g/mol. The largest absolute Gasteiger partial charge is 0.493 e. The average molecular weight is 261 g/mol. The molecule has 0 radical (unpaired) electrons. The zero-order valence-electron chi connectivity index (χ0n) is 11.5. The molecule has 0 aliphatic carbocycles. The van der Waals surface area contributed by atoms with Crippen LogP contribution in [0, 0.1) is 5.92 Å². The molecule has 1 aromatic carbocycles. The molecule has 1 amide bonds. The molecule has 4 nitrogen and oxygen atoms in total. The number of amides is 1. The monoisotopic (exact) mass is 261 g/mol. The van der Waals surface area contributed by atoms with Gasteiger partial charge in [0.1, 0.15) is 0 Å². The third kappa shape index (κ3) is 2.72. The van der Waals surface area contributed by atoms with Crippen molar-refractivity contribution in [1.82, 2.24) is 5.32 Å². The van der Waals surface area contributed by atoms with Crippen LogP contribution in [0.5, 0.6) is 5.75 Å². The van der Waals surface area contributed by atoms with E-state index in [4.69, 9.17) is 9.15 Å². The van der Waals surface area contributed by atoms with Gasteiger partial charge in [0.2, 0.25) is 6.41 Å². The lowest BCUT2D eigenvalue weighted by atomic mass is 9.96. The summed E-state index contributed by atoms with van der Waals surface area (Å²) in [4.78, 5) is 10.7. The van der Waals surface area contributed by atoms with Crippen LogP contribution < -0.4 is 10.1 Å². The fourth-order valence-corrected chi connectivity index (χ4v) is 2.21. The second kappa shape index (κ2) is 5.78. The molecule has 1 aromatic heterocycles. The number of para-hydroxylation sites is 1. The van der Waals surface area contributed by atoms with Crippen LogP contribution >= 0.6 is 0 Å². The lowest BCUT2D eigenvalue weighted by Gasteiger charge is -2.19. The Morgan fingerprint density at radius 3 is 2.84 bits per heavy atom. The van der Waals surface area contributed by atoms with Crippen LogP contribution in [0.25, 0.3) is 11.0 Å². The van der Waals surface area contributed by atoms with Crippen molar-refractivity contribution in [2.75, 3.05) is 7.11 Å². The van der Waals surface area contributed by atoms with Crippen molar-refractivity contribution in [1.29, 1.82) is 0 Å². The van der Waals surface area contributed by atoms with Crippen LogP contribution in [0.1, 0.15) is 19.4 Å². The van der Waals surface area contributed by atoms with E-state index in [2.05, 4.69) is 19.2 Å². The Morgan fingerprint density at radius 1 is 1.42 bits per heavy atom. The summed E-state index contributed by atoms with van der Waals surface area (Å²) in [5.41, 5.74) is 1.84. The number of carbonyl (C=O) groups is 1. The predicted molar refractivity (Wildman–Crippen MR) is 74.3 cm³/mol. The zero-order valence-corrected chi connectivity index (χ0v) is 11.5. The molecular formula is C15H19NO3. The van der Waals surface area contributed by atoms with Crippen LogP contribution in [0.15, 0.2) is 28.9 Å². The number of furan rings is 1. The van der Waals surface area contributed by atoms with Crippen molar-refractivity contribution in [2.45, 2.75) is 26.3 Å². The Labute approximate surface area is 112 Å². The average Bonchev–Trinajstić information content (AvgIpc) is 2.81. The van der Waals surface area contributed by atoms with Gasteiger partial charge in [-0.15, -0.1) is 0 Å². The molecule has 1 unspecified atom stereocenters. The van der Waals surface area contributed by atoms with Crippen molar-refractivity contribution in [3.8, 4) is 5.75 Å². The molecule has 2 aromatic rings. The Balaban J connectivity index is 2.32. The zero-order chi connectivity index (χ0) is 13.8. The van der Waals surface area contributed by atoms with Crippen molar-refractivity contribution < 1.29 is 13.9 Å². The van der Waals surface area contributed by atoms with E-state index in [1.54, 1.807) is 13.4 Å². The highest BCUT2D eigenvalue weighted by Gasteiger charge is 2.17. The summed E-state index contributed by atoms with van der Waals surface area (Å²) in [7, 11) is 1.63. The normalized spacial score (nSPS) is 12.6. The van der Waals surface area contributed by atoms with E-state index in [1.165, 1.54) is 0 Å². The molecule has 1 atom stereocenters. The third-order valence-electron chi connectivity index (χ3n) is 3.39. The first-order valence-corrected chi connectivity index (χ1v) is 6.40. The Morgan fingerprint density at radius 2 is 2.21 bits per heavy atom. The van der Waals surface area contributed by atoms with Gasteiger partial charge < -0.3 is 14.5 Å². The van der Waals surface area contributed by atoms with E-state index < -0.39 is 0 Å². The van der Waals surface area contributed by atoms with Crippen LogP contribution in [0.4, 0.5) is 0 Å². The summed E-state index contributed by atoms with van der Waals surface area (Å²) in [6.07, 6.45) is 3.25. The number of carbonyl (C=O) groups excluding carboxylic acids is 1. The van der Waals surface area contributed by atoms with Gasteiger partial charge in [-0.25, -0.2) is 0 Å². The Hall–Kier alpha value is -1.97. The minimum absolute atomic E-state index is 0.101. The summed E-state index contributed by atoms with van der Waals surface area (Å²) < 4.78 is 10.9. The van der Waals surface area contributed by atoms with Gasteiger partial charge in [-0.3, -0.25) is 4.79 Å². The van der Waals surface area contributed by atoms with Crippen LogP contribution in [-0.4, -0.2) is 19.6 Å². The summed E-state index contributed by atoms with van der Waals surface area (Å²) in [5, 5.41) is 3.90. The highest BCUT2D eigenvalue weighted by molar-refractivity contribution is 5.86. The summed E-state index contributed by atoms with van der Waals surface area (Å²) in [5.74, 6) is 1.09. The lowest BCUT2D eigenvalue weighted by molar-refractivity contribution is -0.110. The van der Waals surface area contributed by atoms with Crippen molar-refractivity contribution in [2.24, 2.45) is 5.92 Å². The molecule has 0 saturated heterocycles. The number of benzene rings is 1. The molecule has 1 heterocycles. The SMILES string of the molecule is COc1cccc2c(CC(NC=O)C(C)C)coc12. The number of hydrogen-bond acceptors (Lipinski definition) is 3. The molecule has 0 spiro atoms. The van der Waals surface area contributed by atoms with Gasteiger partial charge in [-0.2, -0.15) is 0 Å². The van der Waals surface area contributed by atoms with Crippen LogP contribution in [-0.2, 0) is 11.2 Å².